The van der Waals surface area contributed by atoms with E-state index < -0.39 is 5.60 Å². The Labute approximate surface area is 115 Å². The molecule has 1 fully saturated rings. The molecular formula is C15H24N2O2. The van der Waals surface area contributed by atoms with Gasteiger partial charge in [-0.15, -0.1) is 0 Å². The highest BCUT2D eigenvalue weighted by atomic mass is 16.3. The molecule has 1 aromatic carbocycles. The number of aliphatic hydroxyl groups is 2. The lowest BCUT2D eigenvalue weighted by molar-refractivity contribution is -0.000976. The van der Waals surface area contributed by atoms with Crippen LogP contribution in [0.15, 0.2) is 30.3 Å². The number of benzene rings is 1. The molecule has 2 N–H and O–H groups in total. The van der Waals surface area contributed by atoms with E-state index in [1.165, 1.54) is 0 Å². The summed E-state index contributed by atoms with van der Waals surface area (Å²) in [5.74, 6) is 0. The van der Waals surface area contributed by atoms with E-state index in [1.807, 2.05) is 37.3 Å². The molecule has 0 amide bonds. The maximum Gasteiger partial charge on any atom is 0.0994 e. The van der Waals surface area contributed by atoms with Crippen molar-refractivity contribution in [2.75, 3.05) is 45.9 Å². The van der Waals surface area contributed by atoms with Crippen molar-refractivity contribution < 1.29 is 10.2 Å². The van der Waals surface area contributed by atoms with Gasteiger partial charge in [0, 0.05) is 39.3 Å². The van der Waals surface area contributed by atoms with E-state index >= 15 is 0 Å². The summed E-state index contributed by atoms with van der Waals surface area (Å²) in [5.41, 5.74) is 0.160. The maximum atomic E-state index is 10.6. The molecule has 1 unspecified atom stereocenters. The molecule has 0 aromatic heterocycles. The molecule has 0 aliphatic carbocycles. The first-order valence-corrected chi connectivity index (χ1v) is 6.95. The smallest absolute Gasteiger partial charge is 0.0994 e. The Balaban J connectivity index is 1.88. The van der Waals surface area contributed by atoms with Gasteiger partial charge in [-0.05, 0) is 12.5 Å². The Hall–Kier alpha value is -0.940. The summed E-state index contributed by atoms with van der Waals surface area (Å²) in [5, 5.41) is 19.5. The minimum absolute atomic E-state index is 0.224. The van der Waals surface area contributed by atoms with Gasteiger partial charge in [-0.1, -0.05) is 30.3 Å². The SMILES string of the molecule is CC(O)(CN1CCN(CCO)CC1)c1ccccc1. The first-order chi connectivity index (χ1) is 9.12. The van der Waals surface area contributed by atoms with Gasteiger partial charge in [-0.25, -0.2) is 0 Å². The number of hydrogen-bond acceptors (Lipinski definition) is 4. The highest BCUT2D eigenvalue weighted by Gasteiger charge is 2.27. The third kappa shape index (κ3) is 4.01. The van der Waals surface area contributed by atoms with E-state index in [1.54, 1.807) is 0 Å². The van der Waals surface area contributed by atoms with Gasteiger partial charge >= 0.3 is 0 Å². The summed E-state index contributed by atoms with van der Waals surface area (Å²) in [6.45, 7) is 7.33. The molecule has 0 saturated carbocycles. The summed E-state index contributed by atoms with van der Waals surface area (Å²) < 4.78 is 0. The Morgan fingerprint density at radius 1 is 1.05 bits per heavy atom. The fraction of sp³-hybridized carbons (Fsp3) is 0.600. The minimum Gasteiger partial charge on any atom is -0.395 e. The van der Waals surface area contributed by atoms with Crippen LogP contribution in [0.2, 0.25) is 0 Å². The third-order valence-electron chi connectivity index (χ3n) is 3.81. The molecule has 0 spiro atoms. The van der Waals surface area contributed by atoms with E-state index in [9.17, 15) is 5.11 Å². The van der Waals surface area contributed by atoms with Gasteiger partial charge in [0.2, 0.25) is 0 Å². The molecule has 0 bridgehead atoms. The number of hydrogen-bond donors (Lipinski definition) is 2. The Morgan fingerprint density at radius 3 is 2.21 bits per heavy atom. The Morgan fingerprint density at radius 2 is 1.63 bits per heavy atom. The van der Waals surface area contributed by atoms with E-state index in [0.29, 0.717) is 6.54 Å². The van der Waals surface area contributed by atoms with E-state index in [-0.39, 0.29) is 6.61 Å². The minimum atomic E-state index is -0.805. The van der Waals surface area contributed by atoms with E-state index in [4.69, 9.17) is 5.11 Å². The zero-order valence-corrected chi connectivity index (χ0v) is 11.6. The highest BCUT2D eigenvalue weighted by Crippen LogP contribution is 2.22. The van der Waals surface area contributed by atoms with Gasteiger partial charge in [0.15, 0.2) is 0 Å². The van der Waals surface area contributed by atoms with Crippen molar-refractivity contribution in [3.8, 4) is 0 Å². The lowest BCUT2D eigenvalue weighted by atomic mass is 9.95. The summed E-state index contributed by atoms with van der Waals surface area (Å²) in [4.78, 5) is 4.55. The molecule has 19 heavy (non-hydrogen) atoms. The Kier molecular flexibility index (Phi) is 4.93. The quantitative estimate of drug-likeness (QED) is 0.813. The van der Waals surface area contributed by atoms with Gasteiger partial charge in [-0.3, -0.25) is 9.80 Å². The van der Waals surface area contributed by atoms with Crippen molar-refractivity contribution in [1.82, 2.24) is 9.80 Å². The molecule has 1 aliphatic rings. The van der Waals surface area contributed by atoms with E-state index in [0.717, 1.165) is 38.3 Å². The number of rotatable bonds is 5. The van der Waals surface area contributed by atoms with Crippen LogP contribution >= 0.6 is 0 Å². The van der Waals surface area contributed by atoms with Crippen molar-refractivity contribution in [2.45, 2.75) is 12.5 Å². The third-order valence-corrected chi connectivity index (χ3v) is 3.81. The number of β-amino-alcohol motifs (C(OH)–C–C–N with tert-alkyl or cyclic N) is 2. The first kappa shape index (κ1) is 14.5. The van der Waals surface area contributed by atoms with Crippen LogP contribution in [0, 0.1) is 0 Å². The van der Waals surface area contributed by atoms with Gasteiger partial charge in [-0.2, -0.15) is 0 Å². The van der Waals surface area contributed by atoms with Gasteiger partial charge < -0.3 is 10.2 Å². The van der Waals surface area contributed by atoms with E-state index in [2.05, 4.69) is 9.80 Å². The predicted octanol–water partition coefficient (Wildman–Crippen LogP) is 0.504. The van der Waals surface area contributed by atoms with Crippen molar-refractivity contribution in [1.29, 1.82) is 0 Å². The number of nitrogens with zero attached hydrogens (tertiary/aromatic N) is 2. The van der Waals surface area contributed by atoms with Crippen molar-refractivity contribution in [3.05, 3.63) is 35.9 Å². The molecule has 0 radical (unpaired) electrons. The second-order valence-corrected chi connectivity index (χ2v) is 5.48. The molecule has 4 heteroatoms. The zero-order chi connectivity index (χ0) is 13.7. The second kappa shape index (κ2) is 6.48. The van der Waals surface area contributed by atoms with Crippen LogP contribution < -0.4 is 0 Å². The fourth-order valence-electron chi connectivity index (χ4n) is 2.64. The largest absolute Gasteiger partial charge is 0.395 e. The standard InChI is InChI=1S/C15H24N2O2/c1-15(19,14-5-3-2-4-6-14)13-17-9-7-16(8-10-17)11-12-18/h2-6,18-19H,7-13H2,1H3. The normalized spacial score (nSPS) is 21.2. The van der Waals surface area contributed by atoms with Crippen molar-refractivity contribution in [3.63, 3.8) is 0 Å². The molecule has 1 aromatic rings. The molecule has 2 rings (SSSR count). The van der Waals surface area contributed by atoms with Gasteiger partial charge in [0.1, 0.15) is 0 Å². The second-order valence-electron chi connectivity index (χ2n) is 5.48. The average Bonchev–Trinajstić information content (AvgIpc) is 2.42. The Bertz CT molecular complexity index is 373. The molecule has 106 valence electrons. The lowest BCUT2D eigenvalue weighted by Crippen LogP contribution is -2.50. The highest BCUT2D eigenvalue weighted by molar-refractivity contribution is 5.21. The molecule has 1 aliphatic heterocycles. The van der Waals surface area contributed by atoms with Crippen LogP contribution in [0.25, 0.3) is 0 Å². The fourth-order valence-corrected chi connectivity index (χ4v) is 2.64. The van der Waals surface area contributed by atoms with Crippen LogP contribution in [-0.4, -0.2) is 65.9 Å². The van der Waals surface area contributed by atoms with Crippen LogP contribution in [0.5, 0.6) is 0 Å². The monoisotopic (exact) mass is 264 g/mol. The van der Waals surface area contributed by atoms with Crippen LogP contribution in [0.4, 0.5) is 0 Å². The van der Waals surface area contributed by atoms with Crippen molar-refractivity contribution in [2.24, 2.45) is 0 Å². The molecule has 1 heterocycles. The van der Waals surface area contributed by atoms with Crippen LogP contribution in [-0.2, 0) is 5.60 Å². The first-order valence-electron chi connectivity index (χ1n) is 6.95. The summed E-state index contributed by atoms with van der Waals surface area (Å²) in [7, 11) is 0. The van der Waals surface area contributed by atoms with Crippen LogP contribution in [0.1, 0.15) is 12.5 Å². The molecule has 1 saturated heterocycles. The lowest BCUT2D eigenvalue weighted by Gasteiger charge is -2.38. The zero-order valence-electron chi connectivity index (χ0n) is 11.6. The summed E-state index contributed by atoms with van der Waals surface area (Å²) in [6.07, 6.45) is 0. The maximum absolute atomic E-state index is 10.6. The number of piperazine rings is 1. The number of aliphatic hydroxyl groups excluding tert-OH is 1. The summed E-state index contributed by atoms with van der Waals surface area (Å²) >= 11 is 0. The molecule has 1 atom stereocenters. The van der Waals surface area contributed by atoms with Gasteiger partial charge in [0.25, 0.3) is 0 Å². The average molecular weight is 264 g/mol. The van der Waals surface area contributed by atoms with Crippen molar-refractivity contribution >= 4 is 0 Å². The predicted molar refractivity (Wildman–Crippen MR) is 76.0 cm³/mol. The molecule has 4 nitrogen and oxygen atoms in total. The van der Waals surface area contributed by atoms with Gasteiger partial charge in [0.05, 0.1) is 12.2 Å². The van der Waals surface area contributed by atoms with Crippen LogP contribution in [0.3, 0.4) is 0 Å². The molecular weight excluding hydrogens is 240 g/mol. The summed E-state index contributed by atoms with van der Waals surface area (Å²) in [6, 6.07) is 9.84. The topological polar surface area (TPSA) is 46.9 Å².